The molecule has 3 heterocycles. The number of hydrogen-bond donors (Lipinski definition) is 0. The molecular formula is C14H22N2O. The van der Waals surface area contributed by atoms with Crippen LogP contribution in [0.5, 0.6) is 0 Å². The van der Waals surface area contributed by atoms with Crippen LogP contribution in [0.4, 0.5) is 0 Å². The fraction of sp³-hybridized carbons (Fsp3) is 0.714. The molecule has 0 bridgehead atoms. The molecule has 2 saturated heterocycles. The van der Waals surface area contributed by atoms with Crippen molar-refractivity contribution in [3.63, 3.8) is 0 Å². The SMILES string of the molecule is CC1CN2CCCCC2CN1Cc1ccoc1. The smallest absolute Gasteiger partial charge is 0.0947 e. The molecule has 3 heteroatoms. The Morgan fingerprint density at radius 2 is 2.29 bits per heavy atom. The highest BCUT2D eigenvalue weighted by atomic mass is 16.3. The summed E-state index contributed by atoms with van der Waals surface area (Å²) in [5.74, 6) is 0. The molecule has 3 nitrogen and oxygen atoms in total. The maximum absolute atomic E-state index is 5.16. The molecule has 2 aliphatic heterocycles. The van der Waals surface area contributed by atoms with Crippen LogP contribution >= 0.6 is 0 Å². The minimum absolute atomic E-state index is 0.666. The molecule has 2 aliphatic rings. The Morgan fingerprint density at radius 1 is 1.35 bits per heavy atom. The molecule has 0 aromatic carbocycles. The molecule has 2 fully saturated rings. The third kappa shape index (κ3) is 2.40. The molecule has 0 radical (unpaired) electrons. The summed E-state index contributed by atoms with van der Waals surface area (Å²) in [7, 11) is 0. The Morgan fingerprint density at radius 3 is 3.12 bits per heavy atom. The van der Waals surface area contributed by atoms with Crippen molar-refractivity contribution in [1.82, 2.24) is 9.80 Å². The lowest BCUT2D eigenvalue weighted by atomic mass is 9.97. The molecule has 0 N–H and O–H groups in total. The minimum atomic E-state index is 0.666. The first-order valence-electron chi connectivity index (χ1n) is 6.82. The third-order valence-electron chi connectivity index (χ3n) is 4.28. The van der Waals surface area contributed by atoms with E-state index in [-0.39, 0.29) is 0 Å². The molecule has 0 amide bonds. The molecule has 0 saturated carbocycles. The van der Waals surface area contributed by atoms with Crippen LogP contribution in [-0.2, 0) is 6.54 Å². The fourth-order valence-corrected chi connectivity index (χ4v) is 3.25. The highest BCUT2D eigenvalue weighted by Gasteiger charge is 2.32. The van der Waals surface area contributed by atoms with Gasteiger partial charge in [-0.25, -0.2) is 0 Å². The van der Waals surface area contributed by atoms with Gasteiger partial charge in [0.2, 0.25) is 0 Å². The van der Waals surface area contributed by atoms with E-state index in [1.54, 1.807) is 6.26 Å². The van der Waals surface area contributed by atoms with Gasteiger partial charge in [0.1, 0.15) is 0 Å². The van der Waals surface area contributed by atoms with Gasteiger partial charge in [-0.1, -0.05) is 6.42 Å². The standard InChI is InChI=1S/C14H22N2O/c1-12-8-15-6-3-2-4-14(15)10-16(12)9-13-5-7-17-11-13/h5,7,11-12,14H,2-4,6,8-10H2,1H3. The van der Waals surface area contributed by atoms with Crippen LogP contribution in [0, 0.1) is 0 Å². The van der Waals surface area contributed by atoms with Gasteiger partial charge in [-0.05, 0) is 32.4 Å². The second kappa shape index (κ2) is 4.83. The van der Waals surface area contributed by atoms with Crippen molar-refractivity contribution >= 4 is 0 Å². The zero-order chi connectivity index (χ0) is 11.7. The first kappa shape index (κ1) is 11.3. The van der Waals surface area contributed by atoms with Crippen LogP contribution in [0.25, 0.3) is 0 Å². The molecule has 1 aromatic heterocycles. The largest absolute Gasteiger partial charge is 0.472 e. The van der Waals surface area contributed by atoms with E-state index < -0.39 is 0 Å². The molecule has 1 aromatic rings. The summed E-state index contributed by atoms with van der Waals surface area (Å²) < 4.78 is 5.16. The Balaban J connectivity index is 1.65. The molecule has 0 aliphatic carbocycles. The maximum atomic E-state index is 5.16. The fourth-order valence-electron chi connectivity index (χ4n) is 3.25. The second-order valence-electron chi connectivity index (χ2n) is 5.55. The topological polar surface area (TPSA) is 19.6 Å². The van der Waals surface area contributed by atoms with E-state index in [9.17, 15) is 0 Å². The van der Waals surface area contributed by atoms with Gasteiger partial charge in [0.05, 0.1) is 12.5 Å². The second-order valence-corrected chi connectivity index (χ2v) is 5.55. The molecule has 2 unspecified atom stereocenters. The van der Waals surface area contributed by atoms with Gasteiger partial charge < -0.3 is 4.42 Å². The van der Waals surface area contributed by atoms with E-state index in [2.05, 4.69) is 22.8 Å². The summed E-state index contributed by atoms with van der Waals surface area (Å²) in [5.41, 5.74) is 1.31. The zero-order valence-electron chi connectivity index (χ0n) is 10.6. The normalized spacial score (nSPS) is 31.4. The van der Waals surface area contributed by atoms with Crippen LogP contribution in [-0.4, -0.2) is 41.5 Å². The maximum Gasteiger partial charge on any atom is 0.0947 e. The van der Waals surface area contributed by atoms with Gasteiger partial charge in [-0.15, -0.1) is 0 Å². The Kier molecular flexibility index (Phi) is 3.21. The molecule has 17 heavy (non-hydrogen) atoms. The van der Waals surface area contributed by atoms with Crippen molar-refractivity contribution in [2.24, 2.45) is 0 Å². The van der Waals surface area contributed by atoms with E-state index in [0.29, 0.717) is 6.04 Å². The van der Waals surface area contributed by atoms with Gasteiger partial charge >= 0.3 is 0 Å². The Labute approximate surface area is 103 Å². The minimum Gasteiger partial charge on any atom is -0.472 e. The van der Waals surface area contributed by atoms with Gasteiger partial charge in [-0.2, -0.15) is 0 Å². The Hall–Kier alpha value is -0.800. The number of fused-ring (bicyclic) bond motifs is 1. The summed E-state index contributed by atoms with van der Waals surface area (Å²) in [5, 5.41) is 0. The lowest BCUT2D eigenvalue weighted by Gasteiger charge is -2.47. The average Bonchev–Trinajstić information content (AvgIpc) is 2.83. The van der Waals surface area contributed by atoms with Crippen molar-refractivity contribution in [2.45, 2.75) is 44.8 Å². The van der Waals surface area contributed by atoms with Gasteiger partial charge in [-0.3, -0.25) is 9.80 Å². The summed E-state index contributed by atoms with van der Waals surface area (Å²) >= 11 is 0. The van der Waals surface area contributed by atoms with Crippen molar-refractivity contribution < 1.29 is 4.42 Å². The number of nitrogens with zero attached hydrogens (tertiary/aromatic N) is 2. The van der Waals surface area contributed by atoms with Crippen LogP contribution in [0.2, 0.25) is 0 Å². The van der Waals surface area contributed by atoms with Gasteiger partial charge in [0.15, 0.2) is 0 Å². The predicted octanol–water partition coefficient (Wildman–Crippen LogP) is 2.34. The molecule has 2 atom stereocenters. The van der Waals surface area contributed by atoms with Crippen molar-refractivity contribution in [3.8, 4) is 0 Å². The lowest BCUT2D eigenvalue weighted by molar-refractivity contribution is 0.0110. The van der Waals surface area contributed by atoms with E-state index in [0.717, 1.165) is 12.6 Å². The third-order valence-corrected chi connectivity index (χ3v) is 4.28. The number of piperidine rings is 1. The van der Waals surface area contributed by atoms with Crippen molar-refractivity contribution in [3.05, 3.63) is 24.2 Å². The summed E-state index contributed by atoms with van der Waals surface area (Å²) in [6, 6.07) is 3.55. The average molecular weight is 234 g/mol. The Bertz CT molecular complexity index is 349. The molecular weight excluding hydrogens is 212 g/mol. The highest BCUT2D eigenvalue weighted by Crippen LogP contribution is 2.25. The van der Waals surface area contributed by atoms with Gasteiger partial charge in [0, 0.05) is 37.3 Å². The first-order chi connectivity index (χ1) is 8.33. The van der Waals surface area contributed by atoms with E-state index in [1.807, 2.05) is 6.26 Å². The van der Waals surface area contributed by atoms with E-state index in [1.165, 1.54) is 44.5 Å². The molecule has 0 spiro atoms. The van der Waals surface area contributed by atoms with Crippen molar-refractivity contribution in [1.29, 1.82) is 0 Å². The highest BCUT2D eigenvalue weighted by molar-refractivity contribution is 5.06. The monoisotopic (exact) mass is 234 g/mol. The number of piperazine rings is 1. The lowest BCUT2D eigenvalue weighted by Crippen LogP contribution is -2.58. The number of furan rings is 1. The van der Waals surface area contributed by atoms with Crippen LogP contribution in [0.15, 0.2) is 23.0 Å². The van der Waals surface area contributed by atoms with E-state index >= 15 is 0 Å². The first-order valence-corrected chi connectivity index (χ1v) is 6.82. The molecule has 3 rings (SSSR count). The van der Waals surface area contributed by atoms with Crippen LogP contribution in [0.3, 0.4) is 0 Å². The number of hydrogen-bond acceptors (Lipinski definition) is 3. The summed E-state index contributed by atoms with van der Waals surface area (Å²) in [6.07, 6.45) is 7.84. The van der Waals surface area contributed by atoms with Gasteiger partial charge in [0.25, 0.3) is 0 Å². The zero-order valence-corrected chi connectivity index (χ0v) is 10.6. The van der Waals surface area contributed by atoms with Crippen molar-refractivity contribution in [2.75, 3.05) is 19.6 Å². The van der Waals surface area contributed by atoms with E-state index in [4.69, 9.17) is 4.42 Å². The molecule has 94 valence electrons. The van der Waals surface area contributed by atoms with Crippen LogP contribution in [0.1, 0.15) is 31.7 Å². The number of rotatable bonds is 2. The van der Waals surface area contributed by atoms with Crippen LogP contribution < -0.4 is 0 Å². The summed E-state index contributed by atoms with van der Waals surface area (Å²) in [6.45, 7) is 7.18. The predicted molar refractivity (Wildman–Crippen MR) is 67.8 cm³/mol. The quantitative estimate of drug-likeness (QED) is 0.783. The summed E-state index contributed by atoms with van der Waals surface area (Å²) in [4.78, 5) is 5.30.